The van der Waals surface area contributed by atoms with Crippen LogP contribution in [0.3, 0.4) is 0 Å². The molecule has 2 aromatic carbocycles. The third-order valence-corrected chi connectivity index (χ3v) is 1.84. The van der Waals surface area contributed by atoms with Crippen molar-refractivity contribution in [2.24, 2.45) is 0 Å². The van der Waals surface area contributed by atoms with E-state index in [0.29, 0.717) is 0 Å². The Bertz CT molecular complexity index is 311. The first kappa shape index (κ1) is 7.93. The minimum absolute atomic E-state index is 1.12. The fourth-order valence-electron chi connectivity index (χ4n) is 1.21. The highest BCUT2D eigenvalue weighted by atomic mass is 14.0. The zero-order chi connectivity index (χ0) is 8.93. The fraction of sp³-hybridized carbons (Fsp3) is 0. The molecule has 0 heterocycles. The molecule has 63 valence electrons. The summed E-state index contributed by atoms with van der Waals surface area (Å²) in [6.07, 6.45) is 3.30. The van der Waals surface area contributed by atoms with Gasteiger partial charge >= 0.3 is 0 Å². The molecule has 0 heteroatoms. The second-order valence-corrected chi connectivity index (χ2v) is 2.86. The van der Waals surface area contributed by atoms with Crippen LogP contribution in [0.4, 0.5) is 0 Å². The van der Waals surface area contributed by atoms with Gasteiger partial charge in [-0.25, -0.2) is 0 Å². The zero-order valence-corrected chi connectivity index (χ0v) is 7.27. The average molecular weight is 166 g/mol. The van der Waals surface area contributed by atoms with Crippen LogP contribution in [-0.2, 0) is 0 Å². The molecule has 0 atom stereocenters. The molecule has 2 rings (SSSR count). The van der Waals surface area contributed by atoms with Crippen LogP contribution in [0.1, 0.15) is 11.1 Å². The third kappa shape index (κ3) is 2.12. The van der Waals surface area contributed by atoms with E-state index in [1.807, 2.05) is 60.7 Å². The number of benzene rings is 2. The third-order valence-electron chi connectivity index (χ3n) is 1.84. The van der Waals surface area contributed by atoms with Crippen LogP contribution < -0.4 is 0 Å². The first-order valence-corrected chi connectivity index (χ1v) is 4.32. The minimum Gasteiger partial charge on any atom is -0.123 e. The maximum Gasteiger partial charge on any atom is -0.0771 e. The van der Waals surface area contributed by atoms with E-state index in [2.05, 4.69) is 6.42 Å². The lowest BCUT2D eigenvalue weighted by atomic mass is 10.1. The van der Waals surface area contributed by atoms with Crippen molar-refractivity contribution in [2.45, 2.75) is 0 Å². The van der Waals surface area contributed by atoms with E-state index in [1.165, 1.54) is 0 Å². The van der Waals surface area contributed by atoms with E-state index < -0.39 is 0 Å². The molecule has 2 aromatic rings. The van der Waals surface area contributed by atoms with Gasteiger partial charge in [0.25, 0.3) is 0 Å². The number of hydrogen-bond donors (Lipinski definition) is 0. The molecule has 0 amide bonds. The van der Waals surface area contributed by atoms with Crippen molar-refractivity contribution >= 4 is 0 Å². The lowest BCUT2D eigenvalue weighted by Gasteiger charge is -2.07. The van der Waals surface area contributed by atoms with E-state index in [0.717, 1.165) is 11.1 Å². The summed E-state index contributed by atoms with van der Waals surface area (Å²) in [5, 5.41) is 0. The molecule has 0 aromatic heterocycles. The van der Waals surface area contributed by atoms with Gasteiger partial charge < -0.3 is 0 Å². The van der Waals surface area contributed by atoms with E-state index in [9.17, 15) is 0 Å². The van der Waals surface area contributed by atoms with Crippen LogP contribution in [0, 0.1) is 6.42 Å². The van der Waals surface area contributed by atoms with Crippen molar-refractivity contribution < 1.29 is 0 Å². The van der Waals surface area contributed by atoms with E-state index >= 15 is 0 Å². The Morgan fingerprint density at radius 2 is 0.923 bits per heavy atom. The Kier molecular flexibility index (Phi) is 2.33. The first-order valence-electron chi connectivity index (χ1n) is 4.32. The van der Waals surface area contributed by atoms with Crippen LogP contribution in [0.2, 0.25) is 0 Å². The predicted octanol–water partition coefficient (Wildman–Crippen LogP) is 3.16. The molecule has 0 aliphatic rings. The highest BCUT2D eigenvalue weighted by Crippen LogP contribution is 2.10. The second kappa shape index (κ2) is 3.81. The van der Waals surface area contributed by atoms with Crippen molar-refractivity contribution in [1.29, 1.82) is 0 Å². The lowest BCUT2D eigenvalue weighted by molar-refractivity contribution is 1.43. The molecular formula is C13H10-. The summed E-state index contributed by atoms with van der Waals surface area (Å²) < 4.78 is 0. The normalized spacial score (nSPS) is 9.54. The van der Waals surface area contributed by atoms with Gasteiger partial charge in [0.05, 0.1) is 0 Å². The summed E-state index contributed by atoms with van der Waals surface area (Å²) >= 11 is 0. The molecule has 0 aliphatic carbocycles. The van der Waals surface area contributed by atoms with Gasteiger partial charge in [-0.15, -0.1) is 41.8 Å². The Morgan fingerprint density at radius 3 is 1.31 bits per heavy atom. The predicted molar refractivity (Wildman–Crippen MR) is 54.3 cm³/mol. The summed E-state index contributed by atoms with van der Waals surface area (Å²) in [6, 6.07) is 20.3. The Morgan fingerprint density at radius 1 is 0.538 bits per heavy atom. The smallest absolute Gasteiger partial charge is 0.0771 e. The van der Waals surface area contributed by atoms with Crippen molar-refractivity contribution in [3.63, 3.8) is 0 Å². The van der Waals surface area contributed by atoms with Crippen LogP contribution in [0.15, 0.2) is 60.7 Å². The topological polar surface area (TPSA) is 0 Å². The van der Waals surface area contributed by atoms with Gasteiger partial charge in [-0.05, 0) is 0 Å². The second-order valence-electron chi connectivity index (χ2n) is 2.86. The van der Waals surface area contributed by atoms with Crippen LogP contribution in [-0.4, -0.2) is 0 Å². The zero-order valence-electron chi connectivity index (χ0n) is 7.27. The molecular weight excluding hydrogens is 156 g/mol. The summed E-state index contributed by atoms with van der Waals surface area (Å²) in [6.45, 7) is 0. The highest BCUT2D eigenvalue weighted by Gasteiger charge is 1.85. The quantitative estimate of drug-likeness (QED) is 0.601. The monoisotopic (exact) mass is 166 g/mol. The molecule has 0 aliphatic heterocycles. The largest absolute Gasteiger partial charge is 0.123 e. The fourth-order valence-corrected chi connectivity index (χ4v) is 1.21. The summed E-state index contributed by atoms with van der Waals surface area (Å²) in [5.74, 6) is 0. The SMILES string of the molecule is [C-](c1ccccc1)c1ccccc1. The van der Waals surface area contributed by atoms with Crippen molar-refractivity contribution in [2.75, 3.05) is 0 Å². The molecule has 0 N–H and O–H groups in total. The number of hydrogen-bond acceptors (Lipinski definition) is 0. The summed E-state index contributed by atoms with van der Waals surface area (Å²) in [4.78, 5) is 0. The minimum atomic E-state index is 1.12. The molecule has 0 fully saturated rings. The Balaban J connectivity index is 2.16. The van der Waals surface area contributed by atoms with Gasteiger partial charge in [0.15, 0.2) is 0 Å². The van der Waals surface area contributed by atoms with Crippen molar-refractivity contribution in [3.05, 3.63) is 78.2 Å². The van der Waals surface area contributed by atoms with E-state index in [4.69, 9.17) is 0 Å². The van der Waals surface area contributed by atoms with Crippen molar-refractivity contribution in [1.82, 2.24) is 0 Å². The molecule has 1 radical (unpaired) electrons. The maximum atomic E-state index is 3.30. The van der Waals surface area contributed by atoms with Crippen molar-refractivity contribution in [3.8, 4) is 0 Å². The standard InChI is InChI=1S/C13H10/c1-3-7-12(8-4-1)11-13-9-5-2-6-10-13/h1-10H/q-1. The van der Waals surface area contributed by atoms with Gasteiger partial charge in [0, 0.05) is 0 Å². The average Bonchev–Trinajstić information content (AvgIpc) is 2.21. The number of rotatable bonds is 2. The molecule has 0 nitrogen and oxygen atoms in total. The molecule has 0 unspecified atom stereocenters. The van der Waals surface area contributed by atoms with Crippen LogP contribution in [0.25, 0.3) is 0 Å². The van der Waals surface area contributed by atoms with Gasteiger partial charge in [-0.3, -0.25) is 0 Å². The molecule has 0 spiro atoms. The van der Waals surface area contributed by atoms with Crippen LogP contribution >= 0.6 is 0 Å². The summed E-state index contributed by atoms with van der Waals surface area (Å²) in [7, 11) is 0. The van der Waals surface area contributed by atoms with Gasteiger partial charge in [-0.2, -0.15) is 0 Å². The molecule has 0 bridgehead atoms. The Hall–Kier alpha value is -1.69. The van der Waals surface area contributed by atoms with Gasteiger partial charge in [-0.1, -0.05) is 36.4 Å². The summed E-state index contributed by atoms with van der Waals surface area (Å²) in [5.41, 5.74) is 2.24. The van der Waals surface area contributed by atoms with Gasteiger partial charge in [0.1, 0.15) is 0 Å². The molecule has 0 saturated heterocycles. The van der Waals surface area contributed by atoms with E-state index in [-0.39, 0.29) is 0 Å². The van der Waals surface area contributed by atoms with Crippen LogP contribution in [0.5, 0.6) is 0 Å². The van der Waals surface area contributed by atoms with Gasteiger partial charge in [0.2, 0.25) is 0 Å². The Labute approximate surface area is 78.9 Å². The highest BCUT2D eigenvalue weighted by molar-refractivity contribution is 5.36. The maximum absolute atomic E-state index is 3.30. The lowest BCUT2D eigenvalue weighted by Crippen LogP contribution is -1.82. The molecule has 13 heavy (non-hydrogen) atoms. The first-order chi connectivity index (χ1) is 6.45. The van der Waals surface area contributed by atoms with E-state index in [1.54, 1.807) is 0 Å². The molecule has 0 saturated carbocycles.